The van der Waals surface area contributed by atoms with Crippen LogP contribution in [-0.4, -0.2) is 50.7 Å². The number of hydrogen-bond acceptors (Lipinski definition) is 4. The molecule has 2 unspecified atom stereocenters. The molecule has 16 heavy (non-hydrogen) atoms. The van der Waals surface area contributed by atoms with E-state index in [1.807, 2.05) is 14.0 Å². The summed E-state index contributed by atoms with van der Waals surface area (Å²) >= 11 is 0. The molecule has 4 nitrogen and oxygen atoms in total. The SMILES string of the molecule is CNC(C)(CO)CCCOCC1CCOC1. The Balaban J connectivity index is 1.98. The van der Waals surface area contributed by atoms with Gasteiger partial charge >= 0.3 is 0 Å². The van der Waals surface area contributed by atoms with Gasteiger partial charge in [-0.05, 0) is 33.2 Å². The summed E-state index contributed by atoms with van der Waals surface area (Å²) in [7, 11) is 1.88. The standard InChI is InChI=1S/C12H25NO3/c1-12(10-14,13-2)5-3-6-15-8-11-4-7-16-9-11/h11,13-14H,3-10H2,1-2H3. The molecular weight excluding hydrogens is 206 g/mol. The van der Waals surface area contributed by atoms with Gasteiger partial charge in [0.25, 0.3) is 0 Å². The van der Waals surface area contributed by atoms with Crippen molar-refractivity contribution in [2.45, 2.75) is 31.7 Å². The molecule has 1 aliphatic heterocycles. The normalized spacial score (nSPS) is 24.6. The van der Waals surface area contributed by atoms with Crippen LogP contribution in [0.5, 0.6) is 0 Å². The summed E-state index contributed by atoms with van der Waals surface area (Å²) in [6.45, 7) is 5.52. The van der Waals surface area contributed by atoms with Gasteiger partial charge in [0.15, 0.2) is 0 Å². The summed E-state index contributed by atoms with van der Waals surface area (Å²) < 4.78 is 10.9. The molecule has 1 rings (SSSR count). The van der Waals surface area contributed by atoms with Gasteiger partial charge in [-0.2, -0.15) is 0 Å². The number of hydrogen-bond donors (Lipinski definition) is 2. The lowest BCUT2D eigenvalue weighted by Gasteiger charge is -2.26. The van der Waals surface area contributed by atoms with Gasteiger partial charge in [-0.3, -0.25) is 0 Å². The molecule has 2 N–H and O–H groups in total. The van der Waals surface area contributed by atoms with Gasteiger partial charge in [-0.15, -0.1) is 0 Å². The van der Waals surface area contributed by atoms with Crippen molar-refractivity contribution in [1.82, 2.24) is 5.32 Å². The number of ether oxygens (including phenoxy) is 2. The summed E-state index contributed by atoms with van der Waals surface area (Å²) in [5, 5.41) is 12.3. The molecular formula is C12H25NO3. The molecule has 0 aromatic rings. The second kappa shape index (κ2) is 7.22. The van der Waals surface area contributed by atoms with Crippen LogP contribution in [-0.2, 0) is 9.47 Å². The molecule has 1 heterocycles. The minimum atomic E-state index is -0.167. The van der Waals surface area contributed by atoms with Crippen molar-refractivity contribution in [3.05, 3.63) is 0 Å². The van der Waals surface area contributed by atoms with Crippen molar-refractivity contribution in [2.75, 3.05) is 40.1 Å². The van der Waals surface area contributed by atoms with Crippen molar-refractivity contribution < 1.29 is 14.6 Å². The fourth-order valence-corrected chi connectivity index (χ4v) is 1.81. The van der Waals surface area contributed by atoms with Crippen LogP contribution >= 0.6 is 0 Å². The molecule has 1 aliphatic rings. The quantitative estimate of drug-likeness (QED) is 0.606. The van der Waals surface area contributed by atoms with Crippen LogP contribution < -0.4 is 5.32 Å². The number of aliphatic hydroxyl groups is 1. The molecule has 2 atom stereocenters. The van der Waals surface area contributed by atoms with Gasteiger partial charge in [-0.25, -0.2) is 0 Å². The van der Waals surface area contributed by atoms with Gasteiger partial charge < -0.3 is 19.9 Å². The van der Waals surface area contributed by atoms with Gasteiger partial charge in [-0.1, -0.05) is 0 Å². The largest absolute Gasteiger partial charge is 0.394 e. The molecule has 0 saturated carbocycles. The molecule has 0 amide bonds. The summed E-state index contributed by atoms with van der Waals surface area (Å²) in [5.41, 5.74) is -0.167. The van der Waals surface area contributed by atoms with E-state index in [0.29, 0.717) is 5.92 Å². The Morgan fingerprint density at radius 1 is 1.56 bits per heavy atom. The van der Waals surface area contributed by atoms with E-state index < -0.39 is 0 Å². The third kappa shape index (κ3) is 4.78. The van der Waals surface area contributed by atoms with Crippen LogP contribution in [0.2, 0.25) is 0 Å². The Bertz CT molecular complexity index is 177. The molecule has 0 radical (unpaired) electrons. The first-order chi connectivity index (χ1) is 7.70. The molecule has 1 saturated heterocycles. The van der Waals surface area contributed by atoms with E-state index in [9.17, 15) is 5.11 Å². The second-order valence-corrected chi connectivity index (χ2v) is 4.88. The van der Waals surface area contributed by atoms with Crippen LogP contribution in [0.3, 0.4) is 0 Å². The highest BCUT2D eigenvalue weighted by molar-refractivity contribution is 4.79. The van der Waals surface area contributed by atoms with Crippen LogP contribution in [0.1, 0.15) is 26.2 Å². The maximum Gasteiger partial charge on any atom is 0.0610 e. The molecule has 4 heteroatoms. The fourth-order valence-electron chi connectivity index (χ4n) is 1.81. The Kier molecular flexibility index (Phi) is 6.28. The monoisotopic (exact) mass is 231 g/mol. The first kappa shape index (κ1) is 13.9. The summed E-state index contributed by atoms with van der Waals surface area (Å²) in [4.78, 5) is 0. The van der Waals surface area contributed by atoms with Crippen molar-refractivity contribution >= 4 is 0 Å². The lowest BCUT2D eigenvalue weighted by Crippen LogP contribution is -2.43. The van der Waals surface area contributed by atoms with E-state index in [-0.39, 0.29) is 12.1 Å². The molecule has 0 bridgehead atoms. The average molecular weight is 231 g/mol. The van der Waals surface area contributed by atoms with Gasteiger partial charge in [0.2, 0.25) is 0 Å². The molecule has 96 valence electrons. The third-order valence-corrected chi connectivity index (χ3v) is 3.35. The van der Waals surface area contributed by atoms with E-state index in [0.717, 1.165) is 45.7 Å². The number of nitrogens with one attached hydrogen (secondary N) is 1. The van der Waals surface area contributed by atoms with Gasteiger partial charge in [0, 0.05) is 24.7 Å². The highest BCUT2D eigenvalue weighted by atomic mass is 16.5. The van der Waals surface area contributed by atoms with Crippen molar-refractivity contribution in [3.8, 4) is 0 Å². The minimum Gasteiger partial charge on any atom is -0.394 e. The summed E-state index contributed by atoms with van der Waals surface area (Å²) in [5.74, 6) is 0.591. The fraction of sp³-hybridized carbons (Fsp3) is 1.00. The third-order valence-electron chi connectivity index (χ3n) is 3.35. The lowest BCUT2D eigenvalue weighted by atomic mass is 9.97. The smallest absolute Gasteiger partial charge is 0.0610 e. The van der Waals surface area contributed by atoms with Crippen LogP contribution in [0.4, 0.5) is 0 Å². The van der Waals surface area contributed by atoms with Crippen molar-refractivity contribution in [3.63, 3.8) is 0 Å². The Labute approximate surface area is 98.3 Å². The van der Waals surface area contributed by atoms with Crippen molar-refractivity contribution in [2.24, 2.45) is 5.92 Å². The first-order valence-electron chi connectivity index (χ1n) is 6.15. The maximum atomic E-state index is 9.19. The minimum absolute atomic E-state index is 0.167. The maximum absolute atomic E-state index is 9.19. The second-order valence-electron chi connectivity index (χ2n) is 4.88. The predicted octanol–water partition coefficient (Wildman–Crippen LogP) is 0.790. The molecule has 1 fully saturated rings. The van der Waals surface area contributed by atoms with E-state index in [1.165, 1.54) is 0 Å². The molecule has 0 aromatic carbocycles. The Morgan fingerprint density at radius 3 is 2.94 bits per heavy atom. The number of rotatable bonds is 8. The zero-order valence-electron chi connectivity index (χ0n) is 10.5. The topological polar surface area (TPSA) is 50.7 Å². The first-order valence-corrected chi connectivity index (χ1v) is 6.15. The highest BCUT2D eigenvalue weighted by Gasteiger charge is 2.20. The molecule has 0 spiro atoms. The number of aliphatic hydroxyl groups excluding tert-OH is 1. The zero-order valence-corrected chi connectivity index (χ0v) is 10.5. The summed E-state index contributed by atoms with van der Waals surface area (Å²) in [6, 6.07) is 0. The Morgan fingerprint density at radius 2 is 2.38 bits per heavy atom. The van der Waals surface area contributed by atoms with Gasteiger partial charge in [0.05, 0.1) is 19.8 Å². The van der Waals surface area contributed by atoms with E-state index in [1.54, 1.807) is 0 Å². The van der Waals surface area contributed by atoms with E-state index in [2.05, 4.69) is 5.32 Å². The molecule has 0 aromatic heterocycles. The average Bonchev–Trinajstić information content (AvgIpc) is 2.81. The Hall–Kier alpha value is -0.160. The van der Waals surface area contributed by atoms with E-state index >= 15 is 0 Å². The van der Waals surface area contributed by atoms with E-state index in [4.69, 9.17) is 9.47 Å². The van der Waals surface area contributed by atoms with Crippen LogP contribution in [0.15, 0.2) is 0 Å². The van der Waals surface area contributed by atoms with Crippen LogP contribution in [0, 0.1) is 5.92 Å². The van der Waals surface area contributed by atoms with Gasteiger partial charge in [0.1, 0.15) is 0 Å². The molecule has 0 aliphatic carbocycles. The summed E-state index contributed by atoms with van der Waals surface area (Å²) in [6.07, 6.45) is 3.04. The lowest BCUT2D eigenvalue weighted by molar-refractivity contribution is 0.0792. The van der Waals surface area contributed by atoms with Crippen LogP contribution in [0.25, 0.3) is 0 Å². The predicted molar refractivity (Wildman–Crippen MR) is 63.5 cm³/mol. The zero-order chi connectivity index (χ0) is 11.9. The highest BCUT2D eigenvalue weighted by Crippen LogP contribution is 2.14. The van der Waals surface area contributed by atoms with Crippen molar-refractivity contribution in [1.29, 1.82) is 0 Å². The number of likely N-dealkylation sites (N-methyl/N-ethyl adjacent to an activating group) is 1.